The summed E-state index contributed by atoms with van der Waals surface area (Å²) in [6.45, 7) is 2.79. The van der Waals surface area contributed by atoms with Gasteiger partial charge in [0.2, 0.25) is 0 Å². The molecule has 64 valence electrons. The first-order chi connectivity index (χ1) is 5.33. The Morgan fingerprint density at radius 1 is 1.18 bits per heavy atom. The van der Waals surface area contributed by atoms with Gasteiger partial charge in [-0.05, 0) is 12.8 Å². The zero-order valence-corrected chi connectivity index (χ0v) is 6.58. The van der Waals surface area contributed by atoms with Crippen molar-refractivity contribution in [2.24, 2.45) is 5.41 Å². The minimum absolute atomic E-state index is 0.0399. The van der Waals surface area contributed by atoms with Crippen LogP contribution < -0.4 is 0 Å². The molecule has 0 aromatic rings. The molecule has 2 rings (SSSR count). The van der Waals surface area contributed by atoms with Crippen LogP contribution in [0.5, 0.6) is 0 Å². The fraction of sp³-hybridized carbons (Fsp3) is 1.00. The molecule has 1 spiro atoms. The van der Waals surface area contributed by atoms with Crippen molar-refractivity contribution in [1.82, 2.24) is 0 Å². The molecule has 2 aliphatic rings. The van der Waals surface area contributed by atoms with Gasteiger partial charge in [0.15, 0.2) is 0 Å². The zero-order valence-electron chi connectivity index (χ0n) is 6.58. The molecule has 0 amide bonds. The number of aliphatic hydroxyl groups is 1. The monoisotopic (exact) mass is 158 g/mol. The second kappa shape index (κ2) is 2.73. The second-order valence-electron chi connectivity index (χ2n) is 3.51. The maximum absolute atomic E-state index is 9.65. The molecule has 2 atom stereocenters. The molecule has 2 saturated heterocycles. The Bertz CT molecular complexity index is 140. The zero-order chi connectivity index (χ0) is 7.73. The first kappa shape index (κ1) is 7.53. The summed E-state index contributed by atoms with van der Waals surface area (Å²) in [7, 11) is 0. The lowest BCUT2D eigenvalue weighted by molar-refractivity contribution is -0.0979. The van der Waals surface area contributed by atoms with Crippen molar-refractivity contribution >= 4 is 0 Å². The Morgan fingerprint density at radius 2 is 1.91 bits per heavy atom. The van der Waals surface area contributed by atoms with Crippen LogP contribution in [-0.2, 0) is 9.47 Å². The van der Waals surface area contributed by atoms with Crippen LogP contribution in [0.1, 0.15) is 12.8 Å². The number of rotatable bonds is 0. The van der Waals surface area contributed by atoms with E-state index < -0.39 is 0 Å². The lowest BCUT2D eigenvalue weighted by atomic mass is 9.77. The molecule has 2 unspecified atom stereocenters. The Balaban J connectivity index is 2.07. The molecule has 0 saturated carbocycles. The molecule has 2 aliphatic heterocycles. The SMILES string of the molecule is OC1COCCC12CCOC2. The lowest BCUT2D eigenvalue weighted by Gasteiger charge is -2.36. The Labute approximate surface area is 66.3 Å². The average Bonchev–Trinajstić information content (AvgIpc) is 2.46. The van der Waals surface area contributed by atoms with Gasteiger partial charge in [0.25, 0.3) is 0 Å². The van der Waals surface area contributed by atoms with Crippen LogP contribution in [0.3, 0.4) is 0 Å². The van der Waals surface area contributed by atoms with E-state index in [9.17, 15) is 5.11 Å². The summed E-state index contributed by atoms with van der Waals surface area (Å²) in [4.78, 5) is 0. The van der Waals surface area contributed by atoms with Crippen LogP contribution in [0.15, 0.2) is 0 Å². The van der Waals surface area contributed by atoms with E-state index in [4.69, 9.17) is 9.47 Å². The second-order valence-corrected chi connectivity index (χ2v) is 3.51. The van der Waals surface area contributed by atoms with Crippen LogP contribution >= 0.6 is 0 Å². The molecule has 0 aromatic heterocycles. The third-order valence-electron chi connectivity index (χ3n) is 2.86. The summed E-state index contributed by atoms with van der Waals surface area (Å²) < 4.78 is 10.5. The predicted molar refractivity (Wildman–Crippen MR) is 39.3 cm³/mol. The molecular weight excluding hydrogens is 144 g/mol. The van der Waals surface area contributed by atoms with Crippen LogP contribution in [0.4, 0.5) is 0 Å². The van der Waals surface area contributed by atoms with E-state index in [2.05, 4.69) is 0 Å². The van der Waals surface area contributed by atoms with Gasteiger partial charge in [0.05, 0.1) is 19.3 Å². The molecule has 0 aromatic carbocycles. The molecule has 3 heteroatoms. The van der Waals surface area contributed by atoms with E-state index >= 15 is 0 Å². The van der Waals surface area contributed by atoms with Gasteiger partial charge in [-0.25, -0.2) is 0 Å². The Kier molecular flexibility index (Phi) is 1.87. The van der Waals surface area contributed by atoms with Gasteiger partial charge in [0, 0.05) is 18.6 Å². The number of aliphatic hydroxyl groups excluding tert-OH is 1. The van der Waals surface area contributed by atoms with E-state index in [0.29, 0.717) is 6.61 Å². The fourth-order valence-electron chi connectivity index (χ4n) is 1.90. The highest BCUT2D eigenvalue weighted by Gasteiger charge is 2.43. The number of hydrogen-bond donors (Lipinski definition) is 1. The van der Waals surface area contributed by atoms with Gasteiger partial charge in [0.1, 0.15) is 0 Å². The predicted octanol–water partition coefficient (Wildman–Crippen LogP) is 0.174. The van der Waals surface area contributed by atoms with Crippen LogP contribution in [0.25, 0.3) is 0 Å². The van der Waals surface area contributed by atoms with E-state index in [1.165, 1.54) is 0 Å². The third kappa shape index (κ3) is 1.17. The third-order valence-corrected chi connectivity index (χ3v) is 2.86. The molecule has 2 heterocycles. The van der Waals surface area contributed by atoms with Crippen molar-refractivity contribution in [3.8, 4) is 0 Å². The first-order valence-electron chi connectivity index (χ1n) is 4.17. The highest BCUT2D eigenvalue weighted by Crippen LogP contribution is 2.38. The normalized spacial score (nSPS) is 45.0. The van der Waals surface area contributed by atoms with E-state index in [1.807, 2.05) is 0 Å². The number of hydrogen-bond acceptors (Lipinski definition) is 3. The molecule has 0 aliphatic carbocycles. The highest BCUT2D eigenvalue weighted by atomic mass is 16.5. The van der Waals surface area contributed by atoms with Crippen LogP contribution in [0, 0.1) is 5.41 Å². The van der Waals surface area contributed by atoms with Crippen molar-refractivity contribution in [3.05, 3.63) is 0 Å². The van der Waals surface area contributed by atoms with Gasteiger partial charge in [-0.15, -0.1) is 0 Å². The van der Waals surface area contributed by atoms with Gasteiger partial charge >= 0.3 is 0 Å². The molecule has 11 heavy (non-hydrogen) atoms. The summed E-state index contributed by atoms with van der Waals surface area (Å²) in [5.41, 5.74) is 0.0399. The highest BCUT2D eigenvalue weighted by molar-refractivity contribution is 4.91. The molecule has 1 N–H and O–H groups in total. The quantitative estimate of drug-likeness (QED) is 0.546. The van der Waals surface area contributed by atoms with Gasteiger partial charge in [-0.2, -0.15) is 0 Å². The largest absolute Gasteiger partial charge is 0.390 e. The smallest absolute Gasteiger partial charge is 0.0853 e. The summed E-state index contributed by atoms with van der Waals surface area (Å²) in [6, 6.07) is 0. The molecule has 0 bridgehead atoms. The van der Waals surface area contributed by atoms with Crippen molar-refractivity contribution in [1.29, 1.82) is 0 Å². The molecular formula is C8H14O3. The lowest BCUT2D eigenvalue weighted by Crippen LogP contribution is -2.43. The Hall–Kier alpha value is -0.120. The standard InChI is InChI=1S/C8H14O3/c9-7-5-10-3-1-8(7)2-4-11-6-8/h7,9H,1-6H2. The van der Waals surface area contributed by atoms with Crippen molar-refractivity contribution in [2.75, 3.05) is 26.4 Å². The van der Waals surface area contributed by atoms with Crippen molar-refractivity contribution in [3.63, 3.8) is 0 Å². The maximum Gasteiger partial charge on any atom is 0.0853 e. The van der Waals surface area contributed by atoms with Crippen LogP contribution in [-0.4, -0.2) is 37.6 Å². The molecule has 0 radical (unpaired) electrons. The van der Waals surface area contributed by atoms with Gasteiger partial charge in [-0.3, -0.25) is 0 Å². The van der Waals surface area contributed by atoms with Gasteiger partial charge in [-0.1, -0.05) is 0 Å². The summed E-state index contributed by atoms with van der Waals surface area (Å²) in [6.07, 6.45) is 1.64. The van der Waals surface area contributed by atoms with Crippen LogP contribution in [0.2, 0.25) is 0 Å². The maximum atomic E-state index is 9.65. The Morgan fingerprint density at radius 3 is 2.55 bits per heavy atom. The average molecular weight is 158 g/mol. The molecule has 3 nitrogen and oxygen atoms in total. The fourth-order valence-corrected chi connectivity index (χ4v) is 1.90. The van der Waals surface area contributed by atoms with E-state index in [1.54, 1.807) is 0 Å². The van der Waals surface area contributed by atoms with Gasteiger partial charge < -0.3 is 14.6 Å². The molecule has 2 fully saturated rings. The summed E-state index contributed by atoms with van der Waals surface area (Å²) in [5, 5.41) is 9.65. The first-order valence-corrected chi connectivity index (χ1v) is 4.17. The minimum Gasteiger partial charge on any atom is -0.390 e. The van der Waals surface area contributed by atoms with Crippen molar-refractivity contribution < 1.29 is 14.6 Å². The van der Waals surface area contributed by atoms with E-state index in [-0.39, 0.29) is 11.5 Å². The number of ether oxygens (including phenoxy) is 2. The summed E-state index contributed by atoms with van der Waals surface area (Å²) in [5.74, 6) is 0. The topological polar surface area (TPSA) is 38.7 Å². The summed E-state index contributed by atoms with van der Waals surface area (Å²) >= 11 is 0. The van der Waals surface area contributed by atoms with E-state index in [0.717, 1.165) is 32.7 Å². The minimum atomic E-state index is -0.307. The van der Waals surface area contributed by atoms with Crippen molar-refractivity contribution in [2.45, 2.75) is 18.9 Å².